The van der Waals surface area contributed by atoms with Gasteiger partial charge in [-0.25, -0.2) is 4.98 Å². The maximum absolute atomic E-state index is 11.9. The molecule has 3 aromatic rings. The first-order valence-electron chi connectivity index (χ1n) is 13.9. The molecule has 1 N–H and O–H groups in total. The standard InChI is InChI=1S/C31H36N6O3/c1-21-6-7-25-26(15-21)27(30(34-20-38)28-17-32-19-35(28)3)16-23-5-4-9-33-29(23)31(25)37-12-10-36(11-13-37)22(2)40-24-8-14-39-18-24/h4-7,9,15-17,19-20,24,30-31H,2,8,10-14,18H2,1,3H3,(H,34,38)/t24?,30?,31-/m0/s1. The van der Waals surface area contributed by atoms with Crippen molar-refractivity contribution in [1.29, 1.82) is 0 Å². The number of pyridine rings is 1. The molecule has 0 bridgehead atoms. The third-order valence-electron chi connectivity index (χ3n) is 8.17. The van der Waals surface area contributed by atoms with Gasteiger partial charge in [0.1, 0.15) is 6.10 Å². The molecular weight excluding hydrogens is 504 g/mol. The minimum absolute atomic E-state index is 0.0384. The number of nitrogens with zero attached hydrogens (tertiary/aromatic N) is 5. The topological polar surface area (TPSA) is 84.8 Å². The summed E-state index contributed by atoms with van der Waals surface area (Å²) in [5.74, 6) is 0.730. The molecule has 4 heterocycles. The van der Waals surface area contributed by atoms with Crippen LogP contribution in [0.25, 0.3) is 11.6 Å². The van der Waals surface area contributed by atoms with Crippen LogP contribution in [0.1, 0.15) is 52.1 Å². The van der Waals surface area contributed by atoms with Crippen LogP contribution in [0.5, 0.6) is 0 Å². The number of nitrogens with one attached hydrogen (secondary N) is 1. The number of hydrogen-bond donors (Lipinski definition) is 1. The highest BCUT2D eigenvalue weighted by molar-refractivity contribution is 5.89. The number of benzene rings is 1. The van der Waals surface area contributed by atoms with Crippen molar-refractivity contribution < 1.29 is 14.3 Å². The third-order valence-corrected chi connectivity index (χ3v) is 8.17. The lowest BCUT2D eigenvalue weighted by Crippen LogP contribution is -2.48. The summed E-state index contributed by atoms with van der Waals surface area (Å²) in [6.45, 7) is 11.0. The molecule has 0 radical (unpaired) electrons. The lowest BCUT2D eigenvalue weighted by Gasteiger charge is -2.41. The average molecular weight is 541 g/mol. The van der Waals surface area contributed by atoms with E-state index >= 15 is 0 Å². The normalized spacial score (nSPS) is 21.6. The van der Waals surface area contributed by atoms with Crippen LogP contribution >= 0.6 is 0 Å². The monoisotopic (exact) mass is 540 g/mol. The maximum Gasteiger partial charge on any atom is 0.207 e. The van der Waals surface area contributed by atoms with Gasteiger partial charge in [-0.15, -0.1) is 0 Å². The van der Waals surface area contributed by atoms with E-state index in [-0.39, 0.29) is 18.2 Å². The van der Waals surface area contributed by atoms with Gasteiger partial charge in [-0.1, -0.05) is 29.8 Å². The molecule has 1 aliphatic carbocycles. The number of aryl methyl sites for hydroxylation is 2. The van der Waals surface area contributed by atoms with E-state index in [1.165, 1.54) is 5.56 Å². The summed E-state index contributed by atoms with van der Waals surface area (Å²) in [5, 5.41) is 3.07. The van der Waals surface area contributed by atoms with E-state index in [1.54, 1.807) is 6.33 Å². The molecule has 2 fully saturated rings. The summed E-state index contributed by atoms with van der Waals surface area (Å²) < 4.78 is 13.5. The largest absolute Gasteiger partial charge is 0.474 e. The van der Waals surface area contributed by atoms with Crippen molar-refractivity contribution in [2.24, 2.45) is 7.05 Å². The first-order chi connectivity index (χ1) is 19.5. The number of hydrogen-bond acceptors (Lipinski definition) is 7. The Bertz CT molecular complexity index is 1420. The van der Waals surface area contributed by atoms with Gasteiger partial charge in [0.25, 0.3) is 0 Å². The third kappa shape index (κ3) is 5.02. The fraction of sp³-hybridized carbons (Fsp3) is 0.387. The molecule has 2 unspecified atom stereocenters. The van der Waals surface area contributed by atoms with Crippen LogP contribution in [0, 0.1) is 6.92 Å². The SMILES string of the molecule is C=C(OC1CCOC1)N1CCN([C@H]2c3ccc(C)cc3C(C(NC=O)c3cncn3C)=Cc3cccnc32)CC1. The Morgan fingerprint density at radius 2 is 2.10 bits per heavy atom. The Morgan fingerprint density at radius 1 is 1.25 bits per heavy atom. The molecule has 3 aliphatic rings. The molecular formula is C31H36N6O3. The first kappa shape index (κ1) is 26.3. The van der Waals surface area contributed by atoms with Crippen LogP contribution in [-0.2, 0) is 21.3 Å². The summed E-state index contributed by atoms with van der Waals surface area (Å²) >= 11 is 0. The lowest BCUT2D eigenvalue weighted by molar-refractivity contribution is -0.109. The molecule has 0 spiro atoms. The number of piperazine rings is 1. The van der Waals surface area contributed by atoms with Crippen molar-refractivity contribution in [2.45, 2.75) is 31.5 Å². The minimum atomic E-state index is -0.366. The number of aromatic nitrogens is 3. The molecule has 1 aromatic carbocycles. The van der Waals surface area contributed by atoms with E-state index in [4.69, 9.17) is 14.5 Å². The van der Waals surface area contributed by atoms with Crippen molar-refractivity contribution in [2.75, 3.05) is 39.4 Å². The molecule has 0 saturated carbocycles. The Labute approximate surface area is 235 Å². The van der Waals surface area contributed by atoms with Crippen molar-refractivity contribution in [3.8, 4) is 0 Å². The van der Waals surface area contributed by atoms with Crippen LogP contribution in [-0.4, -0.2) is 76.2 Å². The molecule has 208 valence electrons. The van der Waals surface area contributed by atoms with E-state index in [2.05, 4.69) is 63.9 Å². The second kappa shape index (κ2) is 11.3. The number of carbonyl (C=O) groups excluding carboxylic acids is 1. The smallest absolute Gasteiger partial charge is 0.207 e. The van der Waals surface area contributed by atoms with Crippen molar-refractivity contribution >= 4 is 18.1 Å². The van der Waals surface area contributed by atoms with Crippen molar-refractivity contribution in [3.05, 3.63) is 95.2 Å². The molecule has 2 saturated heterocycles. The highest BCUT2D eigenvalue weighted by atomic mass is 16.6. The average Bonchev–Trinajstić information content (AvgIpc) is 3.61. The van der Waals surface area contributed by atoms with Gasteiger partial charge in [0.2, 0.25) is 6.41 Å². The van der Waals surface area contributed by atoms with Crippen LogP contribution in [0.2, 0.25) is 0 Å². The highest BCUT2D eigenvalue weighted by Crippen LogP contribution is 2.43. The number of ether oxygens (including phenoxy) is 2. The lowest BCUT2D eigenvalue weighted by atomic mass is 9.88. The fourth-order valence-electron chi connectivity index (χ4n) is 6.09. The minimum Gasteiger partial charge on any atom is -0.474 e. The zero-order valence-electron chi connectivity index (χ0n) is 23.1. The van der Waals surface area contributed by atoms with Gasteiger partial charge in [0, 0.05) is 45.8 Å². The van der Waals surface area contributed by atoms with E-state index in [0.29, 0.717) is 6.61 Å². The summed E-state index contributed by atoms with van der Waals surface area (Å²) in [6, 6.07) is 10.3. The molecule has 3 atom stereocenters. The van der Waals surface area contributed by atoms with Gasteiger partial charge in [-0.2, -0.15) is 0 Å². The van der Waals surface area contributed by atoms with Crippen LogP contribution in [0.4, 0.5) is 0 Å². The zero-order valence-corrected chi connectivity index (χ0v) is 23.1. The van der Waals surface area contributed by atoms with Gasteiger partial charge in [0.05, 0.1) is 49.2 Å². The second-order valence-corrected chi connectivity index (χ2v) is 10.7. The van der Waals surface area contributed by atoms with Gasteiger partial charge in [-0.3, -0.25) is 14.7 Å². The Balaban J connectivity index is 1.36. The Hall–Kier alpha value is -3.95. The van der Waals surface area contributed by atoms with Crippen molar-refractivity contribution in [1.82, 2.24) is 29.7 Å². The van der Waals surface area contributed by atoms with Gasteiger partial charge in [0.15, 0.2) is 5.88 Å². The quantitative estimate of drug-likeness (QED) is 0.346. The zero-order chi connectivity index (χ0) is 27.6. The van der Waals surface area contributed by atoms with E-state index in [1.807, 2.05) is 30.1 Å². The first-order valence-corrected chi connectivity index (χ1v) is 13.9. The number of rotatable bonds is 8. The molecule has 6 rings (SSSR count). The number of carbonyl (C=O) groups is 1. The predicted molar refractivity (Wildman–Crippen MR) is 153 cm³/mol. The summed E-state index contributed by atoms with van der Waals surface area (Å²) in [4.78, 5) is 25.9. The van der Waals surface area contributed by atoms with Gasteiger partial charge < -0.3 is 24.3 Å². The second-order valence-electron chi connectivity index (χ2n) is 10.7. The number of amides is 1. The predicted octanol–water partition coefficient (Wildman–Crippen LogP) is 3.45. The fourth-order valence-corrected chi connectivity index (χ4v) is 6.09. The van der Waals surface area contributed by atoms with Crippen LogP contribution in [0.3, 0.4) is 0 Å². The van der Waals surface area contributed by atoms with E-state index in [0.717, 1.165) is 85.2 Å². The Kier molecular flexibility index (Phi) is 7.40. The molecule has 2 aromatic heterocycles. The molecule has 9 heteroatoms. The molecule has 40 heavy (non-hydrogen) atoms. The number of fused-ring (bicyclic) bond motifs is 2. The van der Waals surface area contributed by atoms with Crippen LogP contribution < -0.4 is 5.32 Å². The summed E-state index contributed by atoms with van der Waals surface area (Å²) in [5.41, 5.74) is 7.45. The van der Waals surface area contributed by atoms with E-state index in [9.17, 15) is 4.79 Å². The highest BCUT2D eigenvalue weighted by Gasteiger charge is 2.35. The van der Waals surface area contributed by atoms with Crippen LogP contribution in [0.15, 0.2) is 61.5 Å². The van der Waals surface area contributed by atoms with Crippen molar-refractivity contribution in [3.63, 3.8) is 0 Å². The Morgan fingerprint density at radius 3 is 2.83 bits per heavy atom. The van der Waals surface area contributed by atoms with E-state index < -0.39 is 0 Å². The molecule has 2 aliphatic heterocycles. The van der Waals surface area contributed by atoms with Gasteiger partial charge >= 0.3 is 0 Å². The maximum atomic E-state index is 11.9. The molecule has 9 nitrogen and oxygen atoms in total. The number of imidazole rings is 1. The summed E-state index contributed by atoms with van der Waals surface area (Å²) in [7, 11) is 1.95. The molecule has 1 amide bonds. The van der Waals surface area contributed by atoms with Gasteiger partial charge in [-0.05, 0) is 47.9 Å². The summed E-state index contributed by atoms with van der Waals surface area (Å²) in [6.07, 6.45) is 9.41.